The number of amides is 1. The van der Waals surface area contributed by atoms with Gasteiger partial charge in [-0.25, -0.2) is 0 Å². The second-order valence-corrected chi connectivity index (χ2v) is 11.6. The Morgan fingerprint density at radius 2 is 1.79 bits per heavy atom. The molecule has 204 valence electrons. The van der Waals surface area contributed by atoms with Crippen molar-refractivity contribution in [2.24, 2.45) is 23.5 Å². The molecule has 1 amide bonds. The minimum atomic E-state index is -1.18. The number of primary amides is 1. The summed E-state index contributed by atoms with van der Waals surface area (Å²) in [5, 5.41) is 35.2. The fourth-order valence-electron chi connectivity index (χ4n) is 7.44. The van der Waals surface area contributed by atoms with Crippen molar-refractivity contribution in [2.45, 2.75) is 38.3 Å². The number of Topliss-reactive ketones (excluding diaryl/α,β-unsaturated/α-hetero) is 2. The van der Waals surface area contributed by atoms with Crippen molar-refractivity contribution in [3.8, 4) is 5.75 Å². The third-order valence-electron chi connectivity index (χ3n) is 9.10. The van der Waals surface area contributed by atoms with Gasteiger partial charge in [0.25, 0.3) is 5.91 Å². The van der Waals surface area contributed by atoms with Crippen LogP contribution in [-0.4, -0.2) is 75.8 Å². The van der Waals surface area contributed by atoms with Crippen LogP contribution in [0.1, 0.15) is 40.7 Å². The number of nitrogens with two attached hydrogens (primary N) is 1. The molecule has 3 aliphatic carbocycles. The molecule has 0 spiro atoms. The standard InChI is InChI=1S/C30H33N3O6/c1-32(2)24-19-12-16-10-15-11-18-14(13-33-8-3-4-9-33)6-5-7-17(18)25(34)20(15)26(35)21(16)27(36)22(19)28(37)23(29(24)38)30(31)39/h5-7,11,16,19,22,24,34,36,38H,3-4,8-10,12-13H2,1-2H3,(H2,31,39)/t16?,19-,22?,24+/m1/s1. The van der Waals surface area contributed by atoms with Crippen molar-refractivity contribution in [1.29, 1.82) is 0 Å². The highest BCUT2D eigenvalue weighted by Crippen LogP contribution is 2.51. The van der Waals surface area contributed by atoms with E-state index in [-0.39, 0.29) is 16.9 Å². The van der Waals surface area contributed by atoms with E-state index in [1.54, 1.807) is 25.1 Å². The second kappa shape index (κ2) is 9.20. The number of aromatic hydroxyl groups is 1. The monoisotopic (exact) mass is 531 g/mol. The Bertz CT molecular complexity index is 1500. The molecular weight excluding hydrogens is 498 g/mol. The summed E-state index contributed by atoms with van der Waals surface area (Å²) in [6, 6.07) is 6.99. The van der Waals surface area contributed by atoms with E-state index in [9.17, 15) is 29.7 Å². The van der Waals surface area contributed by atoms with Gasteiger partial charge in [0, 0.05) is 17.5 Å². The van der Waals surface area contributed by atoms with Crippen molar-refractivity contribution >= 4 is 28.2 Å². The first-order valence-electron chi connectivity index (χ1n) is 13.5. The van der Waals surface area contributed by atoms with E-state index in [1.807, 2.05) is 12.1 Å². The molecule has 5 N–H and O–H groups in total. The third-order valence-corrected chi connectivity index (χ3v) is 9.10. The number of carbonyl (C=O) groups excluding carboxylic acids is 3. The van der Waals surface area contributed by atoms with Crippen LogP contribution in [0.2, 0.25) is 0 Å². The molecule has 1 fully saturated rings. The fourth-order valence-corrected chi connectivity index (χ4v) is 7.44. The lowest BCUT2D eigenvalue weighted by Crippen LogP contribution is -2.53. The van der Waals surface area contributed by atoms with Crippen molar-refractivity contribution in [3.05, 3.63) is 63.6 Å². The third kappa shape index (κ3) is 3.78. The van der Waals surface area contributed by atoms with Crippen molar-refractivity contribution in [2.75, 3.05) is 27.2 Å². The summed E-state index contributed by atoms with van der Waals surface area (Å²) in [5.74, 6) is -5.41. The molecule has 2 unspecified atom stereocenters. The van der Waals surface area contributed by atoms with Crippen LogP contribution in [-0.2, 0) is 22.6 Å². The number of aliphatic hydroxyl groups excluding tert-OH is 2. The van der Waals surface area contributed by atoms with Crippen LogP contribution < -0.4 is 5.73 Å². The lowest BCUT2D eigenvalue weighted by molar-refractivity contribution is -0.127. The number of nitrogens with zero attached hydrogens (tertiary/aromatic N) is 2. The highest BCUT2D eigenvalue weighted by molar-refractivity contribution is 6.22. The maximum absolute atomic E-state index is 13.9. The van der Waals surface area contributed by atoms with E-state index >= 15 is 0 Å². The zero-order chi connectivity index (χ0) is 27.7. The molecule has 4 atom stereocenters. The summed E-state index contributed by atoms with van der Waals surface area (Å²) in [4.78, 5) is 43.4. The lowest BCUT2D eigenvalue weighted by atomic mass is 9.61. The van der Waals surface area contributed by atoms with Gasteiger partial charge >= 0.3 is 0 Å². The normalized spacial score (nSPS) is 27.3. The SMILES string of the molecule is CN(C)[C@@H]1C(O)=C(C(N)=O)C(=O)C2C(O)=C3C(=O)c4c(cc5c(CN6CCCC6)cccc5c4O)CC3C[C@H]21. The van der Waals surface area contributed by atoms with Crippen LogP contribution in [0.25, 0.3) is 10.8 Å². The van der Waals surface area contributed by atoms with Gasteiger partial charge in [-0.1, -0.05) is 18.2 Å². The Labute approximate surface area is 226 Å². The second-order valence-electron chi connectivity index (χ2n) is 11.6. The average Bonchev–Trinajstić information content (AvgIpc) is 3.37. The molecule has 9 heteroatoms. The molecule has 0 aromatic heterocycles. The zero-order valence-electron chi connectivity index (χ0n) is 22.1. The molecule has 1 heterocycles. The minimum absolute atomic E-state index is 0.0997. The predicted octanol–water partition coefficient (Wildman–Crippen LogP) is 2.75. The molecule has 0 bridgehead atoms. The summed E-state index contributed by atoms with van der Waals surface area (Å²) >= 11 is 0. The Balaban J connectivity index is 1.47. The number of fused-ring (bicyclic) bond motifs is 4. The van der Waals surface area contributed by atoms with E-state index in [1.165, 1.54) is 12.8 Å². The van der Waals surface area contributed by atoms with E-state index in [0.717, 1.165) is 30.6 Å². The summed E-state index contributed by atoms with van der Waals surface area (Å²) in [5.41, 5.74) is 6.95. The summed E-state index contributed by atoms with van der Waals surface area (Å²) in [6.45, 7) is 2.84. The zero-order valence-corrected chi connectivity index (χ0v) is 22.1. The highest BCUT2D eigenvalue weighted by Gasteiger charge is 2.54. The van der Waals surface area contributed by atoms with Gasteiger partial charge in [-0.2, -0.15) is 0 Å². The number of ketones is 2. The molecule has 2 aromatic rings. The fraction of sp³-hybridized carbons (Fsp3) is 0.433. The van der Waals surface area contributed by atoms with Gasteiger partial charge in [0.2, 0.25) is 0 Å². The number of phenols is 1. The van der Waals surface area contributed by atoms with Gasteiger partial charge in [-0.3, -0.25) is 24.2 Å². The molecule has 4 aliphatic rings. The van der Waals surface area contributed by atoms with Crippen LogP contribution in [0.15, 0.2) is 46.9 Å². The maximum Gasteiger partial charge on any atom is 0.255 e. The number of benzene rings is 2. The Morgan fingerprint density at radius 3 is 2.46 bits per heavy atom. The number of likely N-dealkylation sites (tertiary alicyclic amines) is 1. The Morgan fingerprint density at radius 1 is 1.08 bits per heavy atom. The van der Waals surface area contributed by atoms with Gasteiger partial charge < -0.3 is 21.1 Å². The van der Waals surface area contributed by atoms with Gasteiger partial charge in [-0.15, -0.1) is 0 Å². The van der Waals surface area contributed by atoms with E-state index in [0.29, 0.717) is 23.8 Å². The van der Waals surface area contributed by atoms with Crippen molar-refractivity contribution in [1.82, 2.24) is 9.80 Å². The molecule has 6 rings (SSSR count). The average molecular weight is 532 g/mol. The van der Waals surface area contributed by atoms with Crippen LogP contribution in [0.3, 0.4) is 0 Å². The van der Waals surface area contributed by atoms with E-state index in [2.05, 4.69) is 11.0 Å². The summed E-state index contributed by atoms with van der Waals surface area (Å²) < 4.78 is 0. The molecular formula is C30H33N3O6. The van der Waals surface area contributed by atoms with E-state index in [4.69, 9.17) is 5.73 Å². The number of rotatable bonds is 4. The van der Waals surface area contributed by atoms with Gasteiger partial charge in [-0.05, 0) is 87.3 Å². The number of allylic oxidation sites excluding steroid dienone is 2. The van der Waals surface area contributed by atoms with Crippen molar-refractivity contribution in [3.63, 3.8) is 0 Å². The molecule has 39 heavy (non-hydrogen) atoms. The predicted molar refractivity (Wildman–Crippen MR) is 144 cm³/mol. The first kappa shape index (κ1) is 25.6. The first-order chi connectivity index (χ1) is 18.6. The summed E-state index contributed by atoms with van der Waals surface area (Å²) in [7, 11) is 3.44. The quantitative estimate of drug-likeness (QED) is 0.441. The number of phenolic OH excluding ortho intramolecular Hbond substituents is 1. The number of likely N-dealkylation sites (N-methyl/N-ethyl adjacent to an activating group) is 1. The highest BCUT2D eigenvalue weighted by atomic mass is 16.3. The largest absolute Gasteiger partial charge is 0.511 e. The van der Waals surface area contributed by atoms with E-state index < -0.39 is 58.4 Å². The molecule has 9 nitrogen and oxygen atoms in total. The first-order valence-corrected chi connectivity index (χ1v) is 13.5. The number of aliphatic hydroxyl groups is 2. The maximum atomic E-state index is 13.9. The van der Waals surface area contributed by atoms with Crippen LogP contribution >= 0.6 is 0 Å². The molecule has 1 saturated heterocycles. The van der Waals surface area contributed by atoms with Gasteiger partial charge in [0.1, 0.15) is 22.8 Å². The van der Waals surface area contributed by atoms with Gasteiger partial charge in [0.05, 0.1) is 17.5 Å². The number of hydrogen-bond donors (Lipinski definition) is 4. The number of hydrogen-bond acceptors (Lipinski definition) is 8. The van der Waals surface area contributed by atoms with Crippen LogP contribution in [0.5, 0.6) is 5.75 Å². The van der Waals surface area contributed by atoms with Gasteiger partial charge in [0.15, 0.2) is 11.6 Å². The van der Waals surface area contributed by atoms with Crippen LogP contribution in [0.4, 0.5) is 0 Å². The Hall–Kier alpha value is -3.69. The van der Waals surface area contributed by atoms with Crippen molar-refractivity contribution < 1.29 is 29.7 Å². The van der Waals surface area contributed by atoms with Crippen LogP contribution in [0, 0.1) is 17.8 Å². The molecule has 2 aromatic carbocycles. The molecule has 1 aliphatic heterocycles. The minimum Gasteiger partial charge on any atom is -0.511 e. The molecule has 0 radical (unpaired) electrons. The Kier molecular flexibility index (Phi) is 6.04. The number of carbonyl (C=O) groups is 3. The lowest BCUT2D eigenvalue weighted by Gasteiger charge is -2.46. The topological polar surface area (TPSA) is 144 Å². The summed E-state index contributed by atoms with van der Waals surface area (Å²) in [6.07, 6.45) is 3.08. The molecule has 0 saturated carbocycles. The smallest absolute Gasteiger partial charge is 0.255 e.